The van der Waals surface area contributed by atoms with Crippen LogP contribution in [-0.2, 0) is 6.54 Å². The van der Waals surface area contributed by atoms with Gasteiger partial charge in [-0.1, -0.05) is 0 Å². The SMILES string of the molecule is CC(F)(F)Cn1ccnc1N. The van der Waals surface area contributed by atoms with E-state index in [2.05, 4.69) is 4.98 Å². The van der Waals surface area contributed by atoms with Crippen molar-refractivity contribution in [2.75, 3.05) is 5.73 Å². The Labute approximate surface area is 62.8 Å². The van der Waals surface area contributed by atoms with Crippen molar-refractivity contribution in [1.29, 1.82) is 0 Å². The molecule has 0 saturated carbocycles. The summed E-state index contributed by atoms with van der Waals surface area (Å²) in [5.74, 6) is -2.62. The van der Waals surface area contributed by atoms with Gasteiger partial charge in [0.15, 0.2) is 5.95 Å². The van der Waals surface area contributed by atoms with Crippen molar-refractivity contribution in [1.82, 2.24) is 9.55 Å². The van der Waals surface area contributed by atoms with Gasteiger partial charge >= 0.3 is 0 Å². The number of nitrogen functional groups attached to an aromatic ring is 1. The van der Waals surface area contributed by atoms with Crippen LogP contribution in [0.15, 0.2) is 12.4 Å². The van der Waals surface area contributed by atoms with Crippen LogP contribution < -0.4 is 5.73 Å². The molecule has 5 heteroatoms. The smallest absolute Gasteiger partial charge is 0.263 e. The fraction of sp³-hybridized carbons (Fsp3) is 0.500. The molecule has 62 valence electrons. The third-order valence-corrected chi connectivity index (χ3v) is 1.20. The number of nitrogens with zero attached hydrogens (tertiary/aromatic N) is 2. The number of hydrogen-bond acceptors (Lipinski definition) is 2. The van der Waals surface area contributed by atoms with E-state index in [9.17, 15) is 8.78 Å². The van der Waals surface area contributed by atoms with E-state index in [4.69, 9.17) is 5.73 Å². The van der Waals surface area contributed by atoms with Gasteiger partial charge in [0.2, 0.25) is 0 Å². The van der Waals surface area contributed by atoms with Gasteiger partial charge in [0.05, 0.1) is 6.54 Å². The first-order valence-electron chi connectivity index (χ1n) is 3.13. The van der Waals surface area contributed by atoms with Gasteiger partial charge in [-0.05, 0) is 0 Å². The highest BCUT2D eigenvalue weighted by molar-refractivity contribution is 5.16. The number of alkyl halides is 2. The zero-order valence-electron chi connectivity index (χ0n) is 6.09. The summed E-state index contributed by atoms with van der Waals surface area (Å²) in [7, 11) is 0. The van der Waals surface area contributed by atoms with Crippen LogP contribution in [-0.4, -0.2) is 15.5 Å². The second-order valence-corrected chi connectivity index (χ2v) is 2.48. The summed E-state index contributed by atoms with van der Waals surface area (Å²) in [6, 6.07) is 0. The van der Waals surface area contributed by atoms with Gasteiger partial charge in [0.25, 0.3) is 5.92 Å². The Balaban J connectivity index is 2.72. The topological polar surface area (TPSA) is 43.8 Å². The molecule has 2 N–H and O–H groups in total. The molecule has 1 aromatic rings. The van der Waals surface area contributed by atoms with E-state index in [1.807, 2.05) is 0 Å². The summed E-state index contributed by atoms with van der Waals surface area (Å²) >= 11 is 0. The molecule has 0 aliphatic carbocycles. The predicted molar refractivity (Wildman–Crippen MR) is 37.3 cm³/mol. The molecule has 0 aliphatic rings. The van der Waals surface area contributed by atoms with Gasteiger partial charge in [-0.25, -0.2) is 13.8 Å². The molecule has 0 saturated heterocycles. The lowest BCUT2D eigenvalue weighted by atomic mass is 10.4. The minimum Gasteiger partial charge on any atom is -0.369 e. The summed E-state index contributed by atoms with van der Waals surface area (Å²) in [6.45, 7) is 0.422. The number of nitrogens with two attached hydrogens (primary N) is 1. The summed E-state index contributed by atoms with van der Waals surface area (Å²) in [5, 5.41) is 0. The molecule has 0 amide bonds. The Morgan fingerprint density at radius 1 is 1.73 bits per heavy atom. The highest BCUT2D eigenvalue weighted by Crippen LogP contribution is 2.15. The Bertz CT molecular complexity index is 238. The van der Waals surface area contributed by atoms with Crippen molar-refractivity contribution in [2.24, 2.45) is 0 Å². The lowest BCUT2D eigenvalue weighted by Crippen LogP contribution is -2.19. The number of anilines is 1. The molecule has 1 heterocycles. The van der Waals surface area contributed by atoms with E-state index in [0.29, 0.717) is 0 Å². The molecule has 0 bridgehead atoms. The van der Waals surface area contributed by atoms with Gasteiger partial charge in [-0.15, -0.1) is 0 Å². The second kappa shape index (κ2) is 2.48. The molecule has 0 fully saturated rings. The number of halogens is 2. The highest BCUT2D eigenvalue weighted by Gasteiger charge is 2.22. The monoisotopic (exact) mass is 161 g/mol. The molecule has 0 spiro atoms. The van der Waals surface area contributed by atoms with Crippen molar-refractivity contribution in [3.63, 3.8) is 0 Å². The number of rotatable bonds is 2. The van der Waals surface area contributed by atoms with E-state index in [-0.39, 0.29) is 5.95 Å². The minimum atomic E-state index is -2.74. The van der Waals surface area contributed by atoms with Crippen LogP contribution in [0.1, 0.15) is 6.92 Å². The molecule has 1 aromatic heterocycles. The van der Waals surface area contributed by atoms with Crippen LogP contribution in [0, 0.1) is 0 Å². The van der Waals surface area contributed by atoms with Crippen molar-refractivity contribution < 1.29 is 8.78 Å². The molecule has 0 aliphatic heterocycles. The van der Waals surface area contributed by atoms with Crippen molar-refractivity contribution in [2.45, 2.75) is 19.4 Å². The van der Waals surface area contributed by atoms with Gasteiger partial charge < -0.3 is 10.3 Å². The second-order valence-electron chi connectivity index (χ2n) is 2.48. The van der Waals surface area contributed by atoms with Gasteiger partial charge in [-0.3, -0.25) is 0 Å². The largest absolute Gasteiger partial charge is 0.369 e. The predicted octanol–water partition coefficient (Wildman–Crippen LogP) is 1.12. The van der Waals surface area contributed by atoms with Crippen molar-refractivity contribution in [3.8, 4) is 0 Å². The Morgan fingerprint density at radius 2 is 2.36 bits per heavy atom. The summed E-state index contributed by atoms with van der Waals surface area (Å²) < 4.78 is 25.9. The minimum absolute atomic E-state index is 0.117. The van der Waals surface area contributed by atoms with Crippen LogP contribution in [0.5, 0.6) is 0 Å². The third kappa shape index (κ3) is 2.18. The number of aromatic nitrogens is 2. The maximum absolute atomic E-state index is 12.4. The van der Waals surface area contributed by atoms with Crippen LogP contribution in [0.2, 0.25) is 0 Å². The first kappa shape index (κ1) is 7.97. The Kier molecular flexibility index (Phi) is 1.80. The van der Waals surface area contributed by atoms with E-state index < -0.39 is 12.5 Å². The first-order valence-corrected chi connectivity index (χ1v) is 3.13. The normalized spacial score (nSPS) is 11.9. The maximum Gasteiger partial charge on any atom is 0.263 e. The number of imidazole rings is 1. The number of hydrogen-bond donors (Lipinski definition) is 1. The molecule has 0 unspecified atom stereocenters. The van der Waals surface area contributed by atoms with E-state index in [1.165, 1.54) is 17.0 Å². The van der Waals surface area contributed by atoms with E-state index >= 15 is 0 Å². The zero-order valence-corrected chi connectivity index (χ0v) is 6.09. The van der Waals surface area contributed by atoms with Crippen molar-refractivity contribution >= 4 is 5.95 Å². The average molecular weight is 161 g/mol. The van der Waals surface area contributed by atoms with Crippen LogP contribution in [0.25, 0.3) is 0 Å². The maximum atomic E-state index is 12.4. The average Bonchev–Trinajstić information content (AvgIpc) is 2.12. The van der Waals surface area contributed by atoms with Crippen molar-refractivity contribution in [3.05, 3.63) is 12.4 Å². The lowest BCUT2D eigenvalue weighted by Gasteiger charge is -2.11. The molecule has 0 aromatic carbocycles. The quantitative estimate of drug-likeness (QED) is 0.706. The van der Waals surface area contributed by atoms with E-state index in [0.717, 1.165) is 6.92 Å². The van der Waals surface area contributed by atoms with Gasteiger partial charge in [0.1, 0.15) is 0 Å². The Hall–Kier alpha value is -1.13. The summed E-state index contributed by atoms with van der Waals surface area (Å²) in [5.41, 5.74) is 5.27. The first-order chi connectivity index (χ1) is 4.99. The highest BCUT2D eigenvalue weighted by atomic mass is 19.3. The molecule has 11 heavy (non-hydrogen) atoms. The standard InChI is InChI=1S/C6H9F2N3/c1-6(7,8)4-11-3-2-10-5(11)9/h2-3H,4H2,1H3,(H2,9,10). The molecule has 3 nitrogen and oxygen atoms in total. The summed E-state index contributed by atoms with van der Waals surface area (Å²) in [4.78, 5) is 3.61. The fourth-order valence-corrected chi connectivity index (χ4v) is 0.774. The fourth-order valence-electron chi connectivity index (χ4n) is 0.774. The molecule has 0 atom stereocenters. The zero-order chi connectivity index (χ0) is 8.48. The molecular weight excluding hydrogens is 152 g/mol. The summed E-state index contributed by atoms with van der Waals surface area (Å²) in [6.07, 6.45) is 2.81. The molecular formula is C6H9F2N3. The van der Waals surface area contributed by atoms with E-state index in [1.54, 1.807) is 0 Å². The molecule has 1 rings (SSSR count). The lowest BCUT2D eigenvalue weighted by molar-refractivity contribution is 0.00447. The van der Waals surface area contributed by atoms with Gasteiger partial charge in [0, 0.05) is 19.3 Å². The molecule has 0 radical (unpaired) electrons. The van der Waals surface area contributed by atoms with Crippen LogP contribution in [0.4, 0.5) is 14.7 Å². The van der Waals surface area contributed by atoms with Gasteiger partial charge in [-0.2, -0.15) is 0 Å². The van der Waals surface area contributed by atoms with Crippen LogP contribution >= 0.6 is 0 Å². The van der Waals surface area contributed by atoms with Crippen LogP contribution in [0.3, 0.4) is 0 Å². The third-order valence-electron chi connectivity index (χ3n) is 1.20. The Morgan fingerprint density at radius 3 is 2.73 bits per heavy atom.